The van der Waals surface area contributed by atoms with Crippen molar-refractivity contribution in [3.05, 3.63) is 47.4 Å². The Bertz CT molecular complexity index is 594. The monoisotopic (exact) mass is 275 g/mol. The van der Waals surface area contributed by atoms with E-state index in [0.717, 1.165) is 24.2 Å². The summed E-state index contributed by atoms with van der Waals surface area (Å²) in [5.74, 6) is 1.74. The zero-order valence-corrected chi connectivity index (χ0v) is 11.7. The third-order valence-electron chi connectivity index (χ3n) is 3.74. The van der Waals surface area contributed by atoms with Crippen LogP contribution in [0.25, 0.3) is 0 Å². The summed E-state index contributed by atoms with van der Waals surface area (Å²) < 4.78 is 18.5. The highest BCUT2D eigenvalue weighted by Crippen LogP contribution is 2.38. The normalized spacial score (nSPS) is 16.6. The van der Waals surface area contributed by atoms with Crippen LogP contribution in [-0.2, 0) is 6.54 Å². The molecule has 3 rings (SSSR count). The summed E-state index contributed by atoms with van der Waals surface area (Å²) in [5, 5.41) is 4.03. The Hall–Kier alpha value is -1.75. The highest BCUT2D eigenvalue weighted by atomic mass is 19.1. The van der Waals surface area contributed by atoms with Crippen molar-refractivity contribution in [3.63, 3.8) is 0 Å². The molecule has 1 unspecified atom stereocenters. The maximum absolute atomic E-state index is 13.2. The first-order chi connectivity index (χ1) is 9.63. The van der Waals surface area contributed by atoms with Gasteiger partial charge in [-0.05, 0) is 44.5 Å². The van der Waals surface area contributed by atoms with Gasteiger partial charge in [0.25, 0.3) is 0 Å². The Balaban J connectivity index is 1.67. The van der Waals surface area contributed by atoms with Crippen LogP contribution in [0.15, 0.2) is 28.8 Å². The van der Waals surface area contributed by atoms with Gasteiger partial charge in [-0.25, -0.2) is 4.39 Å². The number of hydrogen-bond donors (Lipinski definition) is 0. The summed E-state index contributed by atoms with van der Waals surface area (Å²) in [6, 6.07) is 6.65. The van der Waals surface area contributed by atoms with Crippen LogP contribution in [0.2, 0.25) is 0 Å². The predicted molar refractivity (Wildman–Crippen MR) is 72.6 cm³/mol. The van der Waals surface area contributed by atoms with E-state index in [-0.39, 0.29) is 11.9 Å². The number of benzene rings is 1. The second-order valence-corrected chi connectivity index (χ2v) is 5.49. The molecule has 0 amide bonds. The molecule has 0 aliphatic heterocycles. The number of rotatable bonds is 5. The van der Waals surface area contributed by atoms with Crippen molar-refractivity contribution in [2.24, 2.45) is 0 Å². The van der Waals surface area contributed by atoms with Gasteiger partial charge < -0.3 is 4.52 Å². The van der Waals surface area contributed by atoms with Crippen LogP contribution in [0.1, 0.15) is 49.0 Å². The van der Waals surface area contributed by atoms with Crippen molar-refractivity contribution in [1.29, 1.82) is 0 Å². The molecule has 0 bridgehead atoms. The molecule has 20 heavy (non-hydrogen) atoms. The van der Waals surface area contributed by atoms with Gasteiger partial charge in [0.2, 0.25) is 5.89 Å². The summed E-state index contributed by atoms with van der Waals surface area (Å²) in [5.41, 5.74) is 0.932. The summed E-state index contributed by atoms with van der Waals surface area (Å²) >= 11 is 0. The zero-order chi connectivity index (χ0) is 14.1. The molecule has 1 aliphatic rings. The van der Waals surface area contributed by atoms with Crippen LogP contribution in [0.3, 0.4) is 0 Å². The zero-order valence-electron chi connectivity index (χ0n) is 11.7. The van der Waals surface area contributed by atoms with E-state index in [1.54, 1.807) is 12.1 Å². The Morgan fingerprint density at radius 1 is 1.45 bits per heavy atom. The first-order valence-corrected chi connectivity index (χ1v) is 6.91. The van der Waals surface area contributed by atoms with Gasteiger partial charge in [0.1, 0.15) is 5.82 Å². The van der Waals surface area contributed by atoms with Crippen LogP contribution in [0.4, 0.5) is 4.39 Å². The Morgan fingerprint density at radius 3 is 2.95 bits per heavy atom. The fourth-order valence-electron chi connectivity index (χ4n) is 2.17. The van der Waals surface area contributed by atoms with Crippen molar-refractivity contribution in [2.75, 3.05) is 7.05 Å². The summed E-state index contributed by atoms with van der Waals surface area (Å²) in [6.07, 6.45) is 2.32. The molecule has 1 atom stereocenters. The molecular weight excluding hydrogens is 257 g/mol. The molecular formula is C15H18FN3O. The lowest BCUT2D eigenvalue weighted by molar-refractivity contribution is 0.202. The molecule has 0 spiro atoms. The van der Waals surface area contributed by atoms with E-state index >= 15 is 0 Å². The third-order valence-corrected chi connectivity index (χ3v) is 3.74. The van der Waals surface area contributed by atoms with E-state index in [1.807, 2.05) is 20.0 Å². The smallest absolute Gasteiger partial charge is 0.243 e. The fraction of sp³-hybridized carbons (Fsp3) is 0.467. The van der Waals surface area contributed by atoms with Crippen LogP contribution in [0.5, 0.6) is 0 Å². The molecule has 1 heterocycles. The van der Waals surface area contributed by atoms with Crippen LogP contribution < -0.4 is 0 Å². The maximum atomic E-state index is 13.2. The second-order valence-electron chi connectivity index (χ2n) is 5.49. The molecule has 2 aromatic rings. The minimum absolute atomic E-state index is 0.0123. The number of aromatic nitrogens is 2. The van der Waals surface area contributed by atoms with Gasteiger partial charge in [0.05, 0.1) is 6.04 Å². The van der Waals surface area contributed by atoms with Crippen molar-refractivity contribution in [3.8, 4) is 0 Å². The van der Waals surface area contributed by atoms with Crippen molar-refractivity contribution < 1.29 is 8.91 Å². The summed E-state index contributed by atoms with van der Waals surface area (Å²) in [7, 11) is 1.97. The van der Waals surface area contributed by atoms with Gasteiger partial charge in [-0.2, -0.15) is 4.98 Å². The van der Waals surface area contributed by atoms with Gasteiger partial charge in [-0.15, -0.1) is 0 Å². The number of halogens is 1. The molecule has 4 nitrogen and oxygen atoms in total. The molecule has 1 aliphatic carbocycles. The highest BCUT2D eigenvalue weighted by Gasteiger charge is 2.30. The molecule has 0 saturated heterocycles. The minimum Gasteiger partial charge on any atom is -0.338 e. The highest BCUT2D eigenvalue weighted by molar-refractivity contribution is 5.16. The Morgan fingerprint density at radius 2 is 2.25 bits per heavy atom. The van der Waals surface area contributed by atoms with Crippen molar-refractivity contribution in [1.82, 2.24) is 15.0 Å². The average molecular weight is 275 g/mol. The molecule has 1 aromatic carbocycles. The first kappa shape index (κ1) is 13.2. The number of nitrogens with zero attached hydrogens (tertiary/aromatic N) is 3. The van der Waals surface area contributed by atoms with Gasteiger partial charge >= 0.3 is 0 Å². The molecule has 5 heteroatoms. The Labute approximate surface area is 117 Å². The van der Waals surface area contributed by atoms with Gasteiger partial charge in [-0.3, -0.25) is 4.90 Å². The minimum atomic E-state index is -0.211. The lowest BCUT2D eigenvalue weighted by Crippen LogP contribution is -2.22. The second kappa shape index (κ2) is 5.32. The van der Waals surface area contributed by atoms with Crippen molar-refractivity contribution in [2.45, 2.75) is 38.3 Å². The lowest BCUT2D eigenvalue weighted by Gasteiger charge is -2.21. The van der Waals surface area contributed by atoms with Crippen LogP contribution in [0, 0.1) is 5.82 Å². The summed E-state index contributed by atoms with van der Waals surface area (Å²) in [6.45, 7) is 2.66. The first-order valence-electron chi connectivity index (χ1n) is 6.91. The molecule has 0 N–H and O–H groups in total. The van der Waals surface area contributed by atoms with E-state index in [2.05, 4.69) is 15.0 Å². The fourth-order valence-corrected chi connectivity index (χ4v) is 2.17. The molecule has 1 saturated carbocycles. The predicted octanol–water partition coefficient (Wildman–Crippen LogP) is 3.28. The maximum Gasteiger partial charge on any atom is 0.243 e. The largest absolute Gasteiger partial charge is 0.338 e. The van der Waals surface area contributed by atoms with Crippen molar-refractivity contribution >= 4 is 0 Å². The van der Waals surface area contributed by atoms with E-state index in [4.69, 9.17) is 4.52 Å². The Kier molecular flexibility index (Phi) is 3.53. The van der Waals surface area contributed by atoms with Gasteiger partial charge in [0, 0.05) is 12.5 Å². The molecule has 1 aromatic heterocycles. The standard InChI is InChI=1S/C15H18FN3O/c1-10(15-17-14(18-20-15)12-6-7-12)19(2)9-11-4-3-5-13(16)8-11/h3-5,8,10,12H,6-7,9H2,1-2H3. The molecule has 1 fully saturated rings. The van der Waals surface area contributed by atoms with Gasteiger partial charge in [0.15, 0.2) is 5.82 Å². The van der Waals surface area contributed by atoms with E-state index < -0.39 is 0 Å². The average Bonchev–Trinajstić information content (AvgIpc) is 3.16. The van der Waals surface area contributed by atoms with E-state index in [0.29, 0.717) is 18.4 Å². The third kappa shape index (κ3) is 2.88. The molecule has 106 valence electrons. The number of hydrogen-bond acceptors (Lipinski definition) is 4. The van der Waals surface area contributed by atoms with Crippen LogP contribution in [-0.4, -0.2) is 22.1 Å². The quantitative estimate of drug-likeness (QED) is 0.839. The topological polar surface area (TPSA) is 42.2 Å². The van der Waals surface area contributed by atoms with Gasteiger partial charge in [-0.1, -0.05) is 17.3 Å². The van der Waals surface area contributed by atoms with E-state index in [1.165, 1.54) is 6.07 Å². The van der Waals surface area contributed by atoms with E-state index in [9.17, 15) is 4.39 Å². The SMILES string of the molecule is CC(c1nc(C2CC2)no1)N(C)Cc1cccc(F)c1. The summed E-state index contributed by atoms with van der Waals surface area (Å²) in [4.78, 5) is 6.53. The molecule has 0 radical (unpaired) electrons. The van der Waals surface area contributed by atoms with Crippen LogP contribution >= 0.6 is 0 Å². The lowest BCUT2D eigenvalue weighted by atomic mass is 10.2.